The number of benzene rings is 1. The average molecular weight is 409 g/mol. The summed E-state index contributed by atoms with van der Waals surface area (Å²) < 4.78 is 14.7. The molecule has 0 bridgehead atoms. The quantitative estimate of drug-likeness (QED) is 0.353. The molecule has 10 heteroatoms. The van der Waals surface area contributed by atoms with Gasteiger partial charge in [-0.3, -0.25) is 10.1 Å². The summed E-state index contributed by atoms with van der Waals surface area (Å²) in [5.41, 5.74) is -1.89. The molecule has 0 aliphatic rings. The van der Waals surface area contributed by atoms with Crippen molar-refractivity contribution in [3.63, 3.8) is 0 Å². The van der Waals surface area contributed by atoms with Gasteiger partial charge in [-0.2, -0.15) is 0 Å². The van der Waals surface area contributed by atoms with Gasteiger partial charge in [0.25, 0.3) is 0 Å². The van der Waals surface area contributed by atoms with Gasteiger partial charge in [0.2, 0.25) is 11.6 Å². The van der Waals surface area contributed by atoms with E-state index in [0.29, 0.717) is 0 Å². The van der Waals surface area contributed by atoms with E-state index in [9.17, 15) is 19.2 Å². The standard InChI is InChI=1S/C19H27N3O7/c1-18(2,3)29-16(25)20-11-14(23)21-19(4,15(24)27-5)22-17(26)28-12-13-9-7-6-8-10-13/h6-10H,11-12H2,1-5H3,(H,20,25)(H,21,23)(H,22,26)/t19-/m0/s1. The van der Waals surface area contributed by atoms with E-state index in [1.165, 1.54) is 6.92 Å². The molecule has 3 amide bonds. The van der Waals surface area contributed by atoms with Gasteiger partial charge in [0.05, 0.1) is 7.11 Å². The van der Waals surface area contributed by atoms with Crippen LogP contribution in [-0.2, 0) is 30.4 Å². The topological polar surface area (TPSA) is 132 Å². The van der Waals surface area contributed by atoms with Crippen LogP contribution in [0.15, 0.2) is 30.3 Å². The largest absolute Gasteiger partial charge is 0.466 e. The van der Waals surface area contributed by atoms with Crippen LogP contribution in [0.25, 0.3) is 0 Å². The molecule has 1 aromatic carbocycles. The smallest absolute Gasteiger partial charge is 0.409 e. The number of alkyl carbamates (subject to hydrolysis) is 2. The monoisotopic (exact) mass is 409 g/mol. The van der Waals surface area contributed by atoms with Crippen LogP contribution in [0.1, 0.15) is 33.3 Å². The molecule has 0 saturated heterocycles. The molecule has 0 aromatic heterocycles. The third-order valence-corrected chi connectivity index (χ3v) is 3.34. The maximum absolute atomic E-state index is 12.1. The minimum Gasteiger partial charge on any atom is -0.466 e. The molecule has 10 nitrogen and oxygen atoms in total. The van der Waals surface area contributed by atoms with Gasteiger partial charge in [-0.1, -0.05) is 30.3 Å². The summed E-state index contributed by atoms with van der Waals surface area (Å²) in [5.74, 6) is -1.69. The number of hydrogen-bond donors (Lipinski definition) is 3. The second-order valence-electron chi connectivity index (χ2n) is 7.21. The zero-order valence-corrected chi connectivity index (χ0v) is 17.2. The first-order valence-corrected chi connectivity index (χ1v) is 8.80. The van der Waals surface area contributed by atoms with Crippen molar-refractivity contribution in [3.8, 4) is 0 Å². The molecule has 1 atom stereocenters. The summed E-state index contributed by atoms with van der Waals surface area (Å²) in [6, 6.07) is 8.91. The number of methoxy groups -OCH3 is 1. The van der Waals surface area contributed by atoms with Crippen molar-refractivity contribution in [2.75, 3.05) is 13.7 Å². The number of carbonyl (C=O) groups is 4. The second kappa shape index (κ2) is 10.3. The second-order valence-corrected chi connectivity index (χ2v) is 7.21. The zero-order valence-electron chi connectivity index (χ0n) is 17.2. The Morgan fingerprint density at radius 1 is 0.931 bits per heavy atom. The first-order chi connectivity index (χ1) is 13.4. The van der Waals surface area contributed by atoms with Crippen molar-refractivity contribution in [2.24, 2.45) is 0 Å². The molecule has 29 heavy (non-hydrogen) atoms. The number of nitrogens with one attached hydrogen (secondary N) is 3. The van der Waals surface area contributed by atoms with Gasteiger partial charge in [-0.25, -0.2) is 14.4 Å². The first-order valence-electron chi connectivity index (χ1n) is 8.80. The van der Waals surface area contributed by atoms with Crippen LogP contribution in [0.5, 0.6) is 0 Å². The van der Waals surface area contributed by atoms with E-state index < -0.39 is 41.9 Å². The molecular weight excluding hydrogens is 382 g/mol. The van der Waals surface area contributed by atoms with Crippen molar-refractivity contribution >= 4 is 24.1 Å². The van der Waals surface area contributed by atoms with Gasteiger partial charge >= 0.3 is 18.2 Å². The molecular formula is C19H27N3O7. The number of carbonyl (C=O) groups excluding carboxylic acids is 4. The summed E-state index contributed by atoms with van der Waals surface area (Å²) in [5, 5.41) is 6.80. The summed E-state index contributed by atoms with van der Waals surface area (Å²) >= 11 is 0. The Balaban J connectivity index is 2.64. The van der Waals surface area contributed by atoms with Gasteiger partial charge in [-0.05, 0) is 33.3 Å². The molecule has 0 spiro atoms. The van der Waals surface area contributed by atoms with Gasteiger partial charge < -0.3 is 24.8 Å². The maximum atomic E-state index is 12.1. The van der Waals surface area contributed by atoms with E-state index >= 15 is 0 Å². The van der Waals surface area contributed by atoms with E-state index in [4.69, 9.17) is 9.47 Å². The van der Waals surface area contributed by atoms with E-state index in [1.54, 1.807) is 45.0 Å². The maximum Gasteiger partial charge on any atom is 0.409 e. The summed E-state index contributed by atoms with van der Waals surface area (Å²) in [6.07, 6.45) is -1.75. The number of rotatable bonds is 7. The Morgan fingerprint density at radius 3 is 2.10 bits per heavy atom. The molecule has 0 saturated carbocycles. The van der Waals surface area contributed by atoms with Crippen molar-refractivity contribution in [2.45, 2.75) is 45.6 Å². The Hall–Kier alpha value is -3.30. The van der Waals surface area contributed by atoms with E-state index in [0.717, 1.165) is 12.7 Å². The predicted octanol–water partition coefficient (Wildman–Crippen LogP) is 1.44. The minimum atomic E-state index is -1.91. The molecule has 160 valence electrons. The highest BCUT2D eigenvalue weighted by Gasteiger charge is 2.38. The summed E-state index contributed by atoms with van der Waals surface area (Å²) in [4.78, 5) is 47.9. The third kappa shape index (κ3) is 8.96. The molecule has 0 unspecified atom stereocenters. The van der Waals surface area contributed by atoms with Crippen molar-refractivity contribution in [1.29, 1.82) is 0 Å². The Kier molecular flexibility index (Phi) is 8.43. The number of hydrogen-bond acceptors (Lipinski definition) is 7. The van der Waals surface area contributed by atoms with Gasteiger partial charge in [-0.15, -0.1) is 0 Å². The molecule has 0 fully saturated rings. The highest BCUT2D eigenvalue weighted by atomic mass is 16.6. The van der Waals surface area contributed by atoms with Gasteiger partial charge in [0.15, 0.2) is 0 Å². The van der Waals surface area contributed by atoms with Crippen molar-refractivity contribution in [1.82, 2.24) is 16.0 Å². The molecule has 0 heterocycles. The van der Waals surface area contributed by atoms with E-state index in [1.807, 2.05) is 6.07 Å². The SMILES string of the molecule is COC(=O)[C@@](C)(NC(=O)CNC(=O)OC(C)(C)C)NC(=O)OCc1ccccc1. The van der Waals surface area contributed by atoms with Crippen LogP contribution >= 0.6 is 0 Å². The summed E-state index contributed by atoms with van der Waals surface area (Å²) in [6.45, 7) is 5.73. The third-order valence-electron chi connectivity index (χ3n) is 3.34. The molecule has 1 aromatic rings. The average Bonchev–Trinajstić information content (AvgIpc) is 2.63. The minimum absolute atomic E-state index is 0.0297. The number of ether oxygens (including phenoxy) is 3. The molecule has 0 aliphatic heterocycles. The number of amides is 3. The van der Waals surface area contributed by atoms with Crippen molar-refractivity contribution in [3.05, 3.63) is 35.9 Å². The Labute approximate surface area is 169 Å². The van der Waals surface area contributed by atoms with Gasteiger partial charge in [0.1, 0.15) is 18.8 Å². The highest BCUT2D eigenvalue weighted by Crippen LogP contribution is 2.07. The Morgan fingerprint density at radius 2 is 1.55 bits per heavy atom. The molecule has 1 rings (SSSR count). The van der Waals surface area contributed by atoms with Gasteiger partial charge in [0, 0.05) is 0 Å². The van der Waals surface area contributed by atoms with Crippen LogP contribution in [0.4, 0.5) is 9.59 Å². The lowest BCUT2D eigenvalue weighted by Crippen LogP contribution is -2.65. The summed E-state index contributed by atoms with van der Waals surface area (Å²) in [7, 11) is 1.10. The fraction of sp³-hybridized carbons (Fsp3) is 0.474. The first kappa shape index (κ1) is 23.7. The van der Waals surface area contributed by atoms with Crippen LogP contribution in [0, 0.1) is 0 Å². The Bertz CT molecular complexity index is 731. The lowest BCUT2D eigenvalue weighted by molar-refractivity contribution is -0.151. The van der Waals surface area contributed by atoms with Crippen LogP contribution in [-0.4, -0.2) is 49.0 Å². The van der Waals surface area contributed by atoms with Crippen LogP contribution < -0.4 is 16.0 Å². The molecule has 0 radical (unpaired) electrons. The van der Waals surface area contributed by atoms with Crippen LogP contribution in [0.3, 0.4) is 0 Å². The lowest BCUT2D eigenvalue weighted by atomic mass is 10.2. The van der Waals surface area contributed by atoms with Crippen LogP contribution in [0.2, 0.25) is 0 Å². The normalized spacial score (nSPS) is 12.7. The highest BCUT2D eigenvalue weighted by molar-refractivity contribution is 5.91. The molecule has 3 N–H and O–H groups in total. The van der Waals surface area contributed by atoms with E-state index in [-0.39, 0.29) is 6.61 Å². The molecule has 0 aliphatic carbocycles. The fourth-order valence-electron chi connectivity index (χ4n) is 2.09. The fourth-order valence-corrected chi connectivity index (χ4v) is 2.09. The predicted molar refractivity (Wildman–Crippen MR) is 103 cm³/mol. The van der Waals surface area contributed by atoms with E-state index in [2.05, 4.69) is 20.7 Å². The zero-order chi connectivity index (χ0) is 22.1. The van der Waals surface area contributed by atoms with Crippen molar-refractivity contribution < 1.29 is 33.4 Å². The lowest BCUT2D eigenvalue weighted by Gasteiger charge is -2.28. The number of esters is 1.